The molecule has 0 bridgehead atoms. The number of fused-ring (bicyclic) bond motifs is 3. The number of hydrogen-bond donors (Lipinski definition) is 3. The minimum Gasteiger partial charge on any atom is -0.364 e. The molecule has 1 saturated carbocycles. The molecule has 2 aromatic heterocycles. The lowest BCUT2D eigenvalue weighted by Gasteiger charge is -2.30. The normalized spacial score (nSPS) is 15.8. The zero-order chi connectivity index (χ0) is 25.6. The summed E-state index contributed by atoms with van der Waals surface area (Å²) in [6, 6.07) is 8.83. The molecule has 11 heteroatoms. The number of para-hydroxylation sites is 1. The molecule has 0 radical (unpaired) electrons. The zero-order valence-electron chi connectivity index (χ0n) is 20.6. The van der Waals surface area contributed by atoms with Crippen molar-refractivity contribution in [2.75, 3.05) is 29.6 Å². The number of amides is 2. The second kappa shape index (κ2) is 7.90. The number of carbonyl (C=O) groups is 2. The first kappa shape index (κ1) is 17.1. The van der Waals surface area contributed by atoms with Gasteiger partial charge < -0.3 is 20.9 Å². The molecule has 3 N–H and O–H groups in total. The van der Waals surface area contributed by atoms with Crippen molar-refractivity contribution < 1.29 is 13.7 Å². The van der Waals surface area contributed by atoms with E-state index >= 15 is 0 Å². The quantitative estimate of drug-likeness (QED) is 0.540. The molecule has 0 saturated heterocycles. The molecule has 0 atom stereocenters. The van der Waals surface area contributed by atoms with Crippen molar-refractivity contribution in [2.45, 2.75) is 19.4 Å². The Labute approximate surface area is 193 Å². The number of aromatic nitrogens is 4. The molecule has 2 aliphatic rings. The Kier molecular flexibility index (Phi) is 4.10. The highest BCUT2D eigenvalue weighted by Crippen LogP contribution is 2.39. The fourth-order valence-electron chi connectivity index (χ4n) is 3.78. The molecule has 5 rings (SSSR count). The lowest BCUT2D eigenvalue weighted by atomic mass is 10.1. The molecule has 3 heterocycles. The van der Waals surface area contributed by atoms with Crippen LogP contribution in [0.1, 0.15) is 39.0 Å². The van der Waals surface area contributed by atoms with Gasteiger partial charge in [-0.15, -0.1) is 5.10 Å². The number of hydrogen-bond acceptors (Lipinski definition) is 8. The van der Waals surface area contributed by atoms with Crippen LogP contribution in [0.2, 0.25) is 0 Å². The van der Waals surface area contributed by atoms with Crippen LogP contribution in [-0.4, -0.2) is 45.6 Å². The summed E-state index contributed by atoms with van der Waals surface area (Å²) >= 11 is 0. The number of nitrogens with zero attached hydrogens (tertiary/aromatic N) is 6. The van der Waals surface area contributed by atoms with Gasteiger partial charge in [-0.25, -0.2) is 14.6 Å². The van der Waals surface area contributed by atoms with Crippen LogP contribution in [0.5, 0.6) is 0 Å². The van der Waals surface area contributed by atoms with Crippen LogP contribution in [0.15, 0.2) is 30.5 Å². The first-order valence-electron chi connectivity index (χ1n) is 11.7. The number of nitriles is 1. The Morgan fingerprint density at radius 3 is 2.91 bits per heavy atom. The van der Waals surface area contributed by atoms with E-state index in [9.17, 15) is 14.9 Å². The number of carbonyl (C=O) groups excluding carboxylic acids is 2. The van der Waals surface area contributed by atoms with Gasteiger partial charge in [-0.3, -0.25) is 9.59 Å². The summed E-state index contributed by atoms with van der Waals surface area (Å²) < 4.78 is 23.8. The van der Waals surface area contributed by atoms with Crippen LogP contribution in [0.25, 0.3) is 5.69 Å². The van der Waals surface area contributed by atoms with Crippen molar-refractivity contribution in [1.82, 2.24) is 25.1 Å². The maximum atomic E-state index is 12.8. The number of pyridine rings is 1. The number of benzene rings is 1. The molecular formula is C22H21N9O2. The van der Waals surface area contributed by atoms with Gasteiger partial charge in [0.15, 0.2) is 5.82 Å². The number of nitrogens with one attached hydrogen (secondary N) is 3. The molecule has 1 aliphatic carbocycles. The zero-order valence-corrected chi connectivity index (χ0v) is 17.6. The molecule has 33 heavy (non-hydrogen) atoms. The minimum atomic E-state index is -2.69. The lowest BCUT2D eigenvalue weighted by Crippen LogP contribution is -2.27. The van der Waals surface area contributed by atoms with Crippen molar-refractivity contribution in [3.63, 3.8) is 0 Å². The largest absolute Gasteiger partial charge is 0.364 e. The van der Waals surface area contributed by atoms with E-state index in [2.05, 4.69) is 25.7 Å². The van der Waals surface area contributed by atoms with Gasteiger partial charge in [0, 0.05) is 36.3 Å². The predicted octanol–water partition coefficient (Wildman–Crippen LogP) is 1.94. The van der Waals surface area contributed by atoms with Gasteiger partial charge in [-0.1, -0.05) is 6.07 Å². The summed E-state index contributed by atoms with van der Waals surface area (Å²) in [5.74, 6) is -0.164. The van der Waals surface area contributed by atoms with Crippen molar-refractivity contribution in [1.29, 1.82) is 5.26 Å². The highest BCUT2D eigenvalue weighted by Gasteiger charge is 2.30. The molecule has 166 valence electrons. The van der Waals surface area contributed by atoms with Gasteiger partial charge in [-0.2, -0.15) is 5.26 Å². The molecule has 11 nitrogen and oxygen atoms in total. The van der Waals surface area contributed by atoms with Crippen molar-refractivity contribution in [3.8, 4) is 11.8 Å². The van der Waals surface area contributed by atoms with E-state index in [0.29, 0.717) is 23.7 Å². The van der Waals surface area contributed by atoms with E-state index in [1.54, 1.807) is 16.8 Å². The second-order valence-electron chi connectivity index (χ2n) is 7.86. The van der Waals surface area contributed by atoms with Gasteiger partial charge in [0.1, 0.15) is 11.9 Å². The van der Waals surface area contributed by atoms with E-state index in [1.165, 1.54) is 12.3 Å². The average Bonchev–Trinajstić information content (AvgIpc) is 3.58. The van der Waals surface area contributed by atoms with Gasteiger partial charge in [0.25, 0.3) is 11.7 Å². The summed E-state index contributed by atoms with van der Waals surface area (Å²) in [7, 11) is 1.85. The minimum absolute atomic E-state index is 0.0141. The maximum Gasteiger partial charge on any atom is 0.254 e. The summed E-state index contributed by atoms with van der Waals surface area (Å²) in [5, 5.41) is 21.4. The van der Waals surface area contributed by atoms with Crippen molar-refractivity contribution in [2.24, 2.45) is 5.92 Å². The van der Waals surface area contributed by atoms with Crippen LogP contribution in [0, 0.1) is 17.2 Å². The molecule has 0 unspecified atom stereocenters. The molecular weight excluding hydrogens is 422 g/mol. The molecule has 2 amide bonds. The monoisotopic (exact) mass is 446 g/mol. The van der Waals surface area contributed by atoms with E-state index in [0.717, 1.165) is 18.5 Å². The van der Waals surface area contributed by atoms with Crippen molar-refractivity contribution in [3.05, 3.63) is 47.7 Å². The van der Waals surface area contributed by atoms with Crippen LogP contribution >= 0.6 is 0 Å². The van der Waals surface area contributed by atoms with E-state index in [4.69, 9.17) is 4.11 Å². The Bertz CT molecular complexity index is 1420. The van der Waals surface area contributed by atoms with Crippen molar-refractivity contribution >= 4 is 34.7 Å². The molecule has 3 aromatic rings. The Balaban J connectivity index is 1.55. The summed E-state index contributed by atoms with van der Waals surface area (Å²) in [6.45, 7) is -2.31. The topological polar surface area (TPSA) is 141 Å². The fourth-order valence-corrected chi connectivity index (χ4v) is 3.78. The van der Waals surface area contributed by atoms with E-state index in [-0.39, 0.29) is 34.7 Å². The van der Waals surface area contributed by atoms with Crippen LogP contribution in [-0.2, 0) is 11.3 Å². The number of rotatable bonds is 5. The molecule has 0 spiro atoms. The van der Waals surface area contributed by atoms with E-state index < -0.39 is 12.9 Å². The summed E-state index contributed by atoms with van der Waals surface area (Å²) in [5.41, 5.74) is 2.22. The Morgan fingerprint density at radius 2 is 2.15 bits per heavy atom. The Morgan fingerprint density at radius 1 is 1.30 bits per heavy atom. The number of anilines is 4. The standard InChI is InChI=1S/C22H21N9O2/c1-24-22(33)13-10-25-17(28-21(32)12-6-7-12)8-15(13)26-14-4-3-5-16-20(14)30(2)11-19-27-18(9-23)29-31(16)19/h3-5,8,10,12H,6-7,11H2,1-2H3,(H,24,33)(H2,25,26,28,32)/i1D3. The third kappa shape index (κ3) is 3.71. The molecule has 1 aliphatic heterocycles. The van der Waals surface area contributed by atoms with Crippen LogP contribution in [0.3, 0.4) is 0 Å². The SMILES string of the molecule is [2H]C([2H])([2H])NC(=O)c1cnc(NC(=O)C2CC2)cc1Nc1cccc2c1N(C)Cc1nc(C#N)nn1-2. The van der Waals surface area contributed by atoms with Gasteiger partial charge in [0.2, 0.25) is 5.91 Å². The van der Waals surface area contributed by atoms with Crippen LogP contribution < -0.4 is 20.9 Å². The third-order valence-electron chi connectivity index (χ3n) is 5.51. The van der Waals surface area contributed by atoms with Crippen LogP contribution in [0.4, 0.5) is 22.9 Å². The Hall–Kier alpha value is -4.46. The summed E-state index contributed by atoms with van der Waals surface area (Å²) in [6.07, 6.45) is 2.85. The highest BCUT2D eigenvalue weighted by molar-refractivity contribution is 6.02. The lowest BCUT2D eigenvalue weighted by molar-refractivity contribution is -0.117. The highest BCUT2D eigenvalue weighted by atomic mass is 16.2. The van der Waals surface area contributed by atoms with E-state index in [1.807, 2.05) is 29.4 Å². The first-order chi connectivity index (χ1) is 17.1. The van der Waals surface area contributed by atoms with Gasteiger partial charge >= 0.3 is 0 Å². The second-order valence-corrected chi connectivity index (χ2v) is 7.86. The average molecular weight is 446 g/mol. The summed E-state index contributed by atoms with van der Waals surface area (Å²) in [4.78, 5) is 35.3. The van der Waals surface area contributed by atoms with Gasteiger partial charge in [0.05, 0.1) is 34.9 Å². The molecule has 1 aromatic carbocycles. The first-order valence-corrected chi connectivity index (χ1v) is 10.2. The van der Waals surface area contributed by atoms with Gasteiger partial charge in [-0.05, 0) is 25.0 Å². The smallest absolute Gasteiger partial charge is 0.254 e. The predicted molar refractivity (Wildman–Crippen MR) is 120 cm³/mol. The maximum absolute atomic E-state index is 12.8. The molecule has 1 fully saturated rings. The third-order valence-corrected chi connectivity index (χ3v) is 5.51. The fraction of sp³-hybridized carbons (Fsp3) is 0.273.